The lowest BCUT2D eigenvalue weighted by molar-refractivity contribution is 0.155. The molecule has 0 amide bonds. The average Bonchev–Trinajstić information content (AvgIpc) is 3.08. The van der Waals surface area contributed by atoms with Gasteiger partial charge in [0.1, 0.15) is 5.52 Å². The first-order valence-electron chi connectivity index (χ1n) is 8.58. The van der Waals surface area contributed by atoms with Crippen LogP contribution in [0.3, 0.4) is 0 Å². The van der Waals surface area contributed by atoms with Gasteiger partial charge in [-0.1, -0.05) is 30.3 Å². The lowest BCUT2D eigenvalue weighted by atomic mass is 9.97. The molecule has 1 N–H and O–H groups in total. The number of hydrogen-bond acceptors (Lipinski definition) is 3. The molecule has 24 heavy (non-hydrogen) atoms. The Bertz CT molecular complexity index is 868. The third-order valence-electron chi connectivity index (χ3n) is 4.84. The van der Waals surface area contributed by atoms with Crippen LogP contribution < -0.4 is 5.56 Å². The van der Waals surface area contributed by atoms with Crippen molar-refractivity contribution in [1.82, 2.24) is 19.4 Å². The monoisotopic (exact) mass is 322 g/mol. The van der Waals surface area contributed by atoms with Crippen LogP contribution in [0.1, 0.15) is 18.4 Å². The Morgan fingerprint density at radius 3 is 2.96 bits per heavy atom. The van der Waals surface area contributed by atoms with Gasteiger partial charge in [-0.15, -0.1) is 0 Å². The van der Waals surface area contributed by atoms with Crippen molar-refractivity contribution in [1.29, 1.82) is 0 Å². The van der Waals surface area contributed by atoms with Crippen molar-refractivity contribution in [2.24, 2.45) is 5.92 Å². The molecule has 3 aromatic rings. The van der Waals surface area contributed by atoms with E-state index in [2.05, 4.69) is 45.2 Å². The van der Waals surface area contributed by atoms with E-state index in [1.165, 1.54) is 18.4 Å². The molecule has 2 aromatic heterocycles. The Hall–Kier alpha value is -2.40. The quantitative estimate of drug-likeness (QED) is 0.803. The minimum atomic E-state index is 0.0326. The number of hydrogen-bond donors (Lipinski definition) is 1. The van der Waals surface area contributed by atoms with Crippen LogP contribution in [0, 0.1) is 5.92 Å². The smallest absolute Gasteiger partial charge is 0.277 e. The van der Waals surface area contributed by atoms with E-state index in [1.54, 1.807) is 17.1 Å². The number of nitrogens with one attached hydrogen (secondary N) is 1. The molecular formula is C19H22N4O. The number of aromatic amines is 1. The van der Waals surface area contributed by atoms with Crippen molar-refractivity contribution >= 4 is 11.0 Å². The van der Waals surface area contributed by atoms with Gasteiger partial charge in [0.05, 0.1) is 11.8 Å². The predicted molar refractivity (Wildman–Crippen MR) is 94.8 cm³/mol. The molecule has 5 heteroatoms. The van der Waals surface area contributed by atoms with Gasteiger partial charge in [-0.2, -0.15) is 0 Å². The van der Waals surface area contributed by atoms with Crippen LogP contribution in [0.4, 0.5) is 0 Å². The highest BCUT2D eigenvalue weighted by Crippen LogP contribution is 2.20. The topological polar surface area (TPSA) is 53.9 Å². The summed E-state index contributed by atoms with van der Waals surface area (Å²) >= 11 is 0. The summed E-state index contributed by atoms with van der Waals surface area (Å²) in [5.41, 5.74) is 2.73. The highest BCUT2D eigenvalue weighted by Gasteiger charge is 2.21. The van der Waals surface area contributed by atoms with Crippen molar-refractivity contribution in [3.05, 3.63) is 64.8 Å². The van der Waals surface area contributed by atoms with Crippen LogP contribution in [0.25, 0.3) is 11.0 Å². The first-order valence-corrected chi connectivity index (χ1v) is 8.58. The second kappa shape index (κ2) is 6.61. The number of nitrogens with zero attached hydrogens (tertiary/aromatic N) is 3. The van der Waals surface area contributed by atoms with E-state index in [0.29, 0.717) is 11.4 Å². The Labute approximate surface area is 140 Å². The van der Waals surface area contributed by atoms with Gasteiger partial charge in [0.25, 0.3) is 5.56 Å². The maximum atomic E-state index is 12.5. The third kappa shape index (κ3) is 3.12. The van der Waals surface area contributed by atoms with E-state index < -0.39 is 0 Å². The summed E-state index contributed by atoms with van der Waals surface area (Å²) in [6, 6.07) is 12.4. The molecule has 1 fully saturated rings. The maximum Gasteiger partial charge on any atom is 0.277 e. The van der Waals surface area contributed by atoms with Crippen molar-refractivity contribution < 1.29 is 0 Å². The lowest BCUT2D eigenvalue weighted by Crippen LogP contribution is -2.38. The minimum absolute atomic E-state index is 0.0326. The molecule has 1 aliphatic heterocycles. The first kappa shape index (κ1) is 15.1. The molecule has 0 radical (unpaired) electrons. The first-order chi connectivity index (χ1) is 11.8. The largest absolute Gasteiger partial charge is 0.355 e. The molecule has 5 nitrogen and oxygen atoms in total. The molecular weight excluding hydrogens is 300 g/mol. The summed E-state index contributed by atoms with van der Waals surface area (Å²) < 4.78 is 1.76. The average molecular weight is 322 g/mol. The van der Waals surface area contributed by atoms with E-state index in [1.807, 2.05) is 6.07 Å². The summed E-state index contributed by atoms with van der Waals surface area (Å²) in [6.45, 7) is 3.89. The number of rotatable bonds is 4. The normalized spacial score (nSPS) is 18.9. The van der Waals surface area contributed by atoms with Crippen molar-refractivity contribution in [2.45, 2.75) is 25.9 Å². The number of fused-ring (bicyclic) bond motifs is 1. The van der Waals surface area contributed by atoms with Gasteiger partial charge in [-0.05, 0) is 36.9 Å². The van der Waals surface area contributed by atoms with Gasteiger partial charge in [0, 0.05) is 25.8 Å². The summed E-state index contributed by atoms with van der Waals surface area (Å²) in [7, 11) is 0. The second-order valence-corrected chi connectivity index (χ2v) is 6.67. The molecule has 1 unspecified atom stereocenters. The summed E-state index contributed by atoms with van der Waals surface area (Å²) in [5, 5.41) is 0. The minimum Gasteiger partial charge on any atom is -0.355 e. The van der Waals surface area contributed by atoms with E-state index in [9.17, 15) is 4.79 Å². The number of H-pyrrole nitrogens is 1. The fourth-order valence-electron chi connectivity index (χ4n) is 3.66. The predicted octanol–water partition coefficient (Wildman–Crippen LogP) is 2.64. The second-order valence-electron chi connectivity index (χ2n) is 6.67. The maximum absolute atomic E-state index is 12.5. The van der Waals surface area contributed by atoms with Gasteiger partial charge in [0.2, 0.25) is 0 Å². The molecule has 1 saturated heterocycles. The number of benzene rings is 1. The zero-order chi connectivity index (χ0) is 16.4. The summed E-state index contributed by atoms with van der Waals surface area (Å²) in [6.07, 6.45) is 5.81. The zero-order valence-corrected chi connectivity index (χ0v) is 13.7. The van der Waals surface area contributed by atoms with Crippen LogP contribution in [-0.2, 0) is 13.1 Å². The van der Waals surface area contributed by atoms with Crippen LogP contribution in [0.2, 0.25) is 0 Å². The van der Waals surface area contributed by atoms with Crippen LogP contribution >= 0.6 is 0 Å². The van der Waals surface area contributed by atoms with Crippen molar-refractivity contribution in [3.8, 4) is 0 Å². The van der Waals surface area contributed by atoms with Gasteiger partial charge < -0.3 is 4.98 Å². The molecule has 0 spiro atoms. The summed E-state index contributed by atoms with van der Waals surface area (Å²) in [4.78, 5) is 22.4. The number of piperidine rings is 1. The Balaban J connectivity index is 1.46. The fourth-order valence-corrected chi connectivity index (χ4v) is 3.66. The molecule has 0 saturated carbocycles. The highest BCUT2D eigenvalue weighted by atomic mass is 16.1. The van der Waals surface area contributed by atoms with Crippen LogP contribution in [0.5, 0.6) is 0 Å². The number of aromatic nitrogens is 3. The third-order valence-corrected chi connectivity index (χ3v) is 4.84. The van der Waals surface area contributed by atoms with E-state index in [4.69, 9.17) is 0 Å². The van der Waals surface area contributed by atoms with E-state index in [0.717, 1.165) is 31.7 Å². The van der Waals surface area contributed by atoms with Gasteiger partial charge in [0.15, 0.2) is 0 Å². The highest BCUT2D eigenvalue weighted by molar-refractivity contribution is 5.73. The molecule has 124 valence electrons. The van der Waals surface area contributed by atoms with Crippen molar-refractivity contribution in [3.63, 3.8) is 0 Å². The van der Waals surface area contributed by atoms with Gasteiger partial charge >= 0.3 is 0 Å². The molecule has 1 aromatic carbocycles. The van der Waals surface area contributed by atoms with E-state index in [-0.39, 0.29) is 5.56 Å². The Morgan fingerprint density at radius 1 is 1.21 bits per heavy atom. The number of likely N-dealkylation sites (tertiary alicyclic amines) is 1. The molecule has 1 atom stereocenters. The van der Waals surface area contributed by atoms with E-state index >= 15 is 0 Å². The lowest BCUT2D eigenvalue weighted by Gasteiger charge is -2.33. The summed E-state index contributed by atoms with van der Waals surface area (Å²) in [5.74, 6) is 0.495. The molecule has 0 bridgehead atoms. The molecule has 4 rings (SSSR count). The van der Waals surface area contributed by atoms with Gasteiger partial charge in [-0.3, -0.25) is 14.3 Å². The standard InChI is InChI=1S/C19H22N4O/c24-19-18-17(8-9-20-18)21-14-23(19)13-16-7-4-10-22(12-16)11-15-5-2-1-3-6-15/h1-3,5-6,8-9,14,16,20H,4,7,10-13H2. The van der Waals surface area contributed by atoms with Crippen molar-refractivity contribution in [2.75, 3.05) is 13.1 Å². The zero-order valence-electron chi connectivity index (χ0n) is 13.7. The van der Waals surface area contributed by atoms with Gasteiger partial charge in [-0.25, -0.2) is 4.98 Å². The fraction of sp³-hybridized carbons (Fsp3) is 0.368. The SMILES string of the molecule is O=c1c2[nH]ccc2ncn1CC1CCCN(Cc2ccccc2)C1. The van der Waals surface area contributed by atoms with Crippen LogP contribution in [0.15, 0.2) is 53.7 Å². The molecule has 1 aliphatic rings. The van der Waals surface area contributed by atoms with Crippen LogP contribution in [-0.4, -0.2) is 32.5 Å². The Kier molecular flexibility index (Phi) is 4.17. The Morgan fingerprint density at radius 2 is 2.08 bits per heavy atom. The molecule has 3 heterocycles. The molecule has 0 aliphatic carbocycles.